The summed E-state index contributed by atoms with van der Waals surface area (Å²) in [5.74, 6) is -1.97. The zero-order valence-electron chi connectivity index (χ0n) is 16.5. The Balaban J connectivity index is 2.14. The van der Waals surface area contributed by atoms with Gasteiger partial charge in [-0.1, -0.05) is 76.5 Å². The van der Waals surface area contributed by atoms with Gasteiger partial charge in [-0.05, 0) is 18.6 Å². The van der Waals surface area contributed by atoms with E-state index in [1.807, 2.05) is 4.72 Å². The highest BCUT2D eigenvalue weighted by Crippen LogP contribution is 2.18. The van der Waals surface area contributed by atoms with Crippen LogP contribution in [0.2, 0.25) is 0 Å². The first-order valence-electron chi connectivity index (χ1n) is 9.95. The molecule has 1 aromatic rings. The molecule has 0 aliphatic carbocycles. The highest BCUT2D eigenvalue weighted by molar-refractivity contribution is 8.15. The van der Waals surface area contributed by atoms with E-state index >= 15 is 0 Å². The fourth-order valence-corrected chi connectivity index (χ4v) is 5.01. The Morgan fingerprint density at radius 2 is 1.54 bits per heavy atom. The molecule has 0 radical (unpaired) electrons. The molecule has 0 saturated carbocycles. The summed E-state index contributed by atoms with van der Waals surface area (Å²) in [6.07, 6.45) is 12.0. The molecule has 0 atom stereocenters. The number of halogens is 2. The predicted octanol–water partition coefficient (Wildman–Crippen LogP) is 5.89. The van der Waals surface area contributed by atoms with Crippen LogP contribution in [0.3, 0.4) is 0 Å². The van der Waals surface area contributed by atoms with Crippen molar-refractivity contribution in [1.29, 1.82) is 0 Å². The number of carbonyl (C=O) groups is 1. The average molecular weight is 436 g/mol. The van der Waals surface area contributed by atoms with Gasteiger partial charge in [0.15, 0.2) is 0 Å². The number of anilines is 1. The van der Waals surface area contributed by atoms with Crippen molar-refractivity contribution in [2.24, 2.45) is 0 Å². The van der Waals surface area contributed by atoms with Gasteiger partial charge in [-0.15, -0.1) is 0 Å². The lowest BCUT2D eigenvalue weighted by atomic mass is 10.1. The molecule has 160 valence electrons. The molecule has 4 nitrogen and oxygen atoms in total. The van der Waals surface area contributed by atoms with Gasteiger partial charge in [0.05, 0.1) is 5.69 Å². The number of sulfonamides is 1. The Morgan fingerprint density at radius 3 is 2.11 bits per heavy atom. The number of hydrogen-bond donors (Lipinski definition) is 1. The van der Waals surface area contributed by atoms with Gasteiger partial charge in [0.25, 0.3) is 0 Å². The zero-order chi connectivity index (χ0) is 20.8. The Hall–Kier alpha value is -1.15. The molecule has 0 fully saturated rings. The van der Waals surface area contributed by atoms with Crippen molar-refractivity contribution in [3.63, 3.8) is 0 Å². The van der Waals surface area contributed by atoms with Crippen molar-refractivity contribution in [2.45, 2.75) is 71.1 Å². The zero-order valence-corrected chi connectivity index (χ0v) is 18.1. The van der Waals surface area contributed by atoms with Gasteiger partial charge in [0.1, 0.15) is 17.4 Å². The quantitative estimate of drug-likeness (QED) is 0.349. The number of benzene rings is 1. The first-order chi connectivity index (χ1) is 13.3. The maximum atomic E-state index is 13.5. The minimum atomic E-state index is -4.02. The number of thioether (sulfide) groups is 1. The first kappa shape index (κ1) is 24.9. The Kier molecular flexibility index (Phi) is 12.4. The van der Waals surface area contributed by atoms with Crippen LogP contribution < -0.4 is 4.72 Å². The molecule has 1 aromatic carbocycles. The van der Waals surface area contributed by atoms with Crippen molar-refractivity contribution in [3.05, 3.63) is 29.8 Å². The maximum absolute atomic E-state index is 13.5. The van der Waals surface area contributed by atoms with E-state index in [-0.39, 0.29) is 5.69 Å². The molecular formula is C20H31F2NO3S2. The molecule has 28 heavy (non-hydrogen) atoms. The van der Waals surface area contributed by atoms with Gasteiger partial charge in [-0.3, -0.25) is 9.52 Å². The van der Waals surface area contributed by atoms with Crippen LogP contribution in [0.5, 0.6) is 0 Å². The highest BCUT2D eigenvalue weighted by Gasteiger charge is 2.18. The van der Waals surface area contributed by atoms with Crippen molar-refractivity contribution >= 4 is 32.6 Å². The Bertz CT molecular complexity index is 697. The monoisotopic (exact) mass is 435 g/mol. The SMILES string of the molecule is CCCCCCCCCCCCSC(=O)CS(=O)(=O)Nc1ccc(F)cc1F. The van der Waals surface area contributed by atoms with Gasteiger partial charge < -0.3 is 0 Å². The molecular weight excluding hydrogens is 404 g/mol. The molecule has 0 bridgehead atoms. The minimum absolute atomic E-state index is 0.367. The van der Waals surface area contributed by atoms with E-state index in [1.165, 1.54) is 44.9 Å². The van der Waals surface area contributed by atoms with Crippen LogP contribution in [0.1, 0.15) is 71.1 Å². The van der Waals surface area contributed by atoms with Crippen LogP contribution in [-0.2, 0) is 14.8 Å². The standard InChI is InChI=1S/C20H31F2NO3S2/c1-2-3-4-5-6-7-8-9-10-11-14-27-20(24)16-28(25,26)23-19-13-12-17(21)15-18(19)22/h12-13,15,23H,2-11,14,16H2,1H3. The van der Waals surface area contributed by atoms with Crippen molar-refractivity contribution < 1.29 is 22.0 Å². The van der Waals surface area contributed by atoms with E-state index < -0.39 is 32.5 Å². The molecule has 0 spiro atoms. The number of carbonyl (C=O) groups excluding carboxylic acids is 1. The van der Waals surface area contributed by atoms with E-state index in [1.54, 1.807) is 0 Å². The van der Waals surface area contributed by atoms with Crippen molar-refractivity contribution in [2.75, 3.05) is 16.2 Å². The summed E-state index contributed by atoms with van der Waals surface area (Å²) >= 11 is 0.986. The third kappa shape index (κ3) is 11.6. The number of nitrogens with one attached hydrogen (secondary N) is 1. The lowest BCUT2D eigenvalue weighted by Crippen LogP contribution is -2.22. The van der Waals surface area contributed by atoms with Gasteiger partial charge in [0.2, 0.25) is 15.1 Å². The van der Waals surface area contributed by atoms with E-state index in [9.17, 15) is 22.0 Å². The van der Waals surface area contributed by atoms with Crippen LogP contribution in [0.4, 0.5) is 14.5 Å². The molecule has 1 rings (SSSR count). The van der Waals surface area contributed by atoms with Crippen LogP contribution in [0.15, 0.2) is 18.2 Å². The third-order valence-electron chi connectivity index (χ3n) is 4.27. The smallest absolute Gasteiger partial charge is 0.240 e. The highest BCUT2D eigenvalue weighted by atomic mass is 32.2. The summed E-state index contributed by atoms with van der Waals surface area (Å²) in [5, 5.41) is -0.481. The van der Waals surface area contributed by atoms with E-state index in [0.717, 1.165) is 43.2 Å². The van der Waals surface area contributed by atoms with E-state index in [4.69, 9.17) is 0 Å². The summed E-state index contributed by atoms with van der Waals surface area (Å²) in [6.45, 7) is 2.21. The molecule has 1 N–H and O–H groups in total. The summed E-state index contributed by atoms with van der Waals surface area (Å²) < 4.78 is 52.2. The Labute approximate surface area is 171 Å². The first-order valence-corrected chi connectivity index (χ1v) is 12.6. The molecule has 0 heterocycles. The van der Waals surface area contributed by atoms with Crippen molar-refractivity contribution in [1.82, 2.24) is 0 Å². The lowest BCUT2D eigenvalue weighted by Gasteiger charge is -2.08. The second kappa shape index (κ2) is 13.9. The third-order valence-corrected chi connectivity index (χ3v) is 6.58. The number of unbranched alkanes of at least 4 members (excludes halogenated alkanes) is 9. The molecule has 0 saturated heterocycles. The number of hydrogen-bond acceptors (Lipinski definition) is 4. The van der Waals surface area contributed by atoms with Crippen LogP contribution in [0.25, 0.3) is 0 Å². The summed E-state index contributed by atoms with van der Waals surface area (Å²) in [5.41, 5.74) is -0.367. The van der Waals surface area contributed by atoms with Crippen molar-refractivity contribution in [3.8, 4) is 0 Å². The van der Waals surface area contributed by atoms with E-state index in [0.29, 0.717) is 11.8 Å². The minimum Gasteiger partial charge on any atom is -0.286 e. The molecule has 0 amide bonds. The van der Waals surface area contributed by atoms with Gasteiger partial charge in [0, 0.05) is 11.8 Å². The van der Waals surface area contributed by atoms with Gasteiger partial charge in [-0.2, -0.15) is 0 Å². The topological polar surface area (TPSA) is 63.2 Å². The summed E-state index contributed by atoms with van der Waals surface area (Å²) in [7, 11) is -4.02. The largest absolute Gasteiger partial charge is 0.286 e. The second-order valence-electron chi connectivity index (χ2n) is 6.89. The van der Waals surface area contributed by atoms with E-state index in [2.05, 4.69) is 6.92 Å². The normalized spacial score (nSPS) is 11.5. The molecule has 0 aromatic heterocycles. The fourth-order valence-electron chi connectivity index (χ4n) is 2.75. The molecule has 0 unspecified atom stereocenters. The Morgan fingerprint density at radius 1 is 0.964 bits per heavy atom. The van der Waals surface area contributed by atoms with Gasteiger partial charge >= 0.3 is 0 Å². The average Bonchev–Trinajstić information content (AvgIpc) is 2.61. The predicted molar refractivity (Wildman–Crippen MR) is 113 cm³/mol. The maximum Gasteiger partial charge on any atom is 0.240 e. The summed E-state index contributed by atoms with van der Waals surface area (Å²) in [6, 6.07) is 2.52. The fraction of sp³-hybridized carbons (Fsp3) is 0.650. The lowest BCUT2D eigenvalue weighted by molar-refractivity contribution is -0.108. The number of rotatable bonds is 15. The van der Waals surface area contributed by atoms with Crippen LogP contribution in [0, 0.1) is 11.6 Å². The van der Waals surface area contributed by atoms with Crippen LogP contribution >= 0.6 is 11.8 Å². The molecule has 0 aliphatic heterocycles. The summed E-state index contributed by atoms with van der Waals surface area (Å²) in [4.78, 5) is 11.8. The van der Waals surface area contributed by atoms with Gasteiger partial charge in [-0.25, -0.2) is 17.2 Å². The molecule has 8 heteroatoms. The second-order valence-corrected chi connectivity index (χ2v) is 9.76. The van der Waals surface area contributed by atoms with Crippen LogP contribution in [-0.4, -0.2) is 25.0 Å². The molecule has 0 aliphatic rings.